The minimum absolute atomic E-state index is 0.589. The Kier molecular flexibility index (Phi) is 4.90. The van der Waals surface area contributed by atoms with Crippen LogP contribution in [0.25, 0.3) is 0 Å². The third kappa shape index (κ3) is 3.65. The average molecular weight is 246 g/mol. The van der Waals surface area contributed by atoms with Gasteiger partial charge in [0.1, 0.15) is 6.29 Å². The first-order valence-electron chi connectivity index (χ1n) is 6.72. The van der Waals surface area contributed by atoms with Gasteiger partial charge in [0.05, 0.1) is 6.54 Å². The SMILES string of the molecule is Cc1ccccc1CCN1CCN(CC=O)CC1. The van der Waals surface area contributed by atoms with E-state index in [1.165, 1.54) is 11.1 Å². The molecule has 0 N–H and O–H groups in total. The van der Waals surface area contributed by atoms with E-state index in [9.17, 15) is 4.79 Å². The maximum absolute atomic E-state index is 10.4. The van der Waals surface area contributed by atoms with Crippen LogP contribution in [0, 0.1) is 6.92 Å². The Labute approximate surface area is 109 Å². The number of hydrogen-bond donors (Lipinski definition) is 0. The number of rotatable bonds is 5. The number of carbonyl (C=O) groups excluding carboxylic acids is 1. The summed E-state index contributed by atoms with van der Waals surface area (Å²) in [5.41, 5.74) is 2.84. The van der Waals surface area contributed by atoms with Gasteiger partial charge in [0.25, 0.3) is 0 Å². The van der Waals surface area contributed by atoms with Crippen molar-refractivity contribution >= 4 is 6.29 Å². The lowest BCUT2D eigenvalue weighted by Gasteiger charge is -2.33. The Balaban J connectivity index is 1.75. The van der Waals surface area contributed by atoms with Gasteiger partial charge in [-0.05, 0) is 24.5 Å². The molecule has 3 heteroatoms. The summed E-state index contributed by atoms with van der Waals surface area (Å²) < 4.78 is 0. The lowest BCUT2D eigenvalue weighted by atomic mass is 10.1. The molecule has 0 bridgehead atoms. The number of nitrogens with zero attached hydrogens (tertiary/aromatic N) is 2. The third-order valence-electron chi connectivity index (χ3n) is 3.76. The van der Waals surface area contributed by atoms with Crippen LogP contribution in [0.5, 0.6) is 0 Å². The molecule has 0 aromatic heterocycles. The van der Waals surface area contributed by atoms with Crippen LogP contribution in [-0.2, 0) is 11.2 Å². The molecule has 3 nitrogen and oxygen atoms in total. The van der Waals surface area contributed by atoms with Crippen molar-refractivity contribution in [2.45, 2.75) is 13.3 Å². The minimum Gasteiger partial charge on any atom is -0.302 e. The van der Waals surface area contributed by atoms with Gasteiger partial charge in [-0.25, -0.2) is 0 Å². The molecule has 1 heterocycles. The predicted molar refractivity (Wildman–Crippen MR) is 73.8 cm³/mol. The highest BCUT2D eigenvalue weighted by molar-refractivity contribution is 5.51. The van der Waals surface area contributed by atoms with Gasteiger partial charge in [-0.2, -0.15) is 0 Å². The minimum atomic E-state index is 0.589. The van der Waals surface area contributed by atoms with Crippen LogP contribution in [0.4, 0.5) is 0 Å². The highest BCUT2D eigenvalue weighted by atomic mass is 16.1. The van der Waals surface area contributed by atoms with Gasteiger partial charge < -0.3 is 9.69 Å². The van der Waals surface area contributed by atoms with Crippen LogP contribution in [-0.4, -0.2) is 55.4 Å². The number of aldehydes is 1. The van der Waals surface area contributed by atoms with Gasteiger partial charge in [-0.15, -0.1) is 0 Å². The van der Waals surface area contributed by atoms with Gasteiger partial charge in [-0.3, -0.25) is 4.90 Å². The van der Waals surface area contributed by atoms with E-state index in [0.717, 1.165) is 45.4 Å². The Morgan fingerprint density at radius 3 is 2.44 bits per heavy atom. The summed E-state index contributed by atoms with van der Waals surface area (Å²) in [5, 5.41) is 0. The molecule has 0 atom stereocenters. The topological polar surface area (TPSA) is 23.6 Å². The fourth-order valence-corrected chi connectivity index (χ4v) is 2.47. The van der Waals surface area contributed by atoms with E-state index in [1.54, 1.807) is 0 Å². The van der Waals surface area contributed by atoms with E-state index in [0.29, 0.717) is 6.54 Å². The zero-order valence-electron chi connectivity index (χ0n) is 11.1. The average Bonchev–Trinajstić information content (AvgIpc) is 2.40. The Hall–Kier alpha value is -1.19. The molecule has 1 aliphatic rings. The molecule has 98 valence electrons. The van der Waals surface area contributed by atoms with Crippen LogP contribution < -0.4 is 0 Å². The number of piperazine rings is 1. The standard InChI is InChI=1S/C15H22N2O/c1-14-4-2-3-5-15(14)6-7-16-8-10-17(11-9-16)12-13-18/h2-5,13H,6-12H2,1H3. The lowest BCUT2D eigenvalue weighted by molar-refractivity contribution is -0.109. The fourth-order valence-electron chi connectivity index (χ4n) is 2.47. The van der Waals surface area contributed by atoms with Crippen molar-refractivity contribution in [2.24, 2.45) is 0 Å². The summed E-state index contributed by atoms with van der Waals surface area (Å²) in [4.78, 5) is 15.2. The summed E-state index contributed by atoms with van der Waals surface area (Å²) in [6.45, 7) is 8.10. The van der Waals surface area contributed by atoms with Gasteiger partial charge in [0, 0.05) is 32.7 Å². The molecule has 0 spiro atoms. The first kappa shape index (κ1) is 13.2. The summed E-state index contributed by atoms with van der Waals surface area (Å²) in [6, 6.07) is 8.61. The van der Waals surface area contributed by atoms with Crippen LogP contribution in [0.2, 0.25) is 0 Å². The molecular weight excluding hydrogens is 224 g/mol. The van der Waals surface area contributed by atoms with E-state index >= 15 is 0 Å². The zero-order valence-corrected chi connectivity index (χ0v) is 11.1. The Bertz CT molecular complexity index is 384. The van der Waals surface area contributed by atoms with Gasteiger partial charge >= 0.3 is 0 Å². The van der Waals surface area contributed by atoms with E-state index in [-0.39, 0.29) is 0 Å². The summed E-state index contributed by atoms with van der Waals surface area (Å²) in [5.74, 6) is 0. The van der Waals surface area contributed by atoms with Crippen LogP contribution in [0.15, 0.2) is 24.3 Å². The number of carbonyl (C=O) groups is 1. The largest absolute Gasteiger partial charge is 0.302 e. The smallest absolute Gasteiger partial charge is 0.133 e. The van der Waals surface area contributed by atoms with Crippen molar-refractivity contribution in [1.82, 2.24) is 9.80 Å². The van der Waals surface area contributed by atoms with Crippen molar-refractivity contribution in [3.63, 3.8) is 0 Å². The molecule has 1 saturated heterocycles. The maximum atomic E-state index is 10.4. The van der Waals surface area contributed by atoms with Gasteiger partial charge in [0.2, 0.25) is 0 Å². The first-order valence-corrected chi connectivity index (χ1v) is 6.72. The second-order valence-corrected chi connectivity index (χ2v) is 4.99. The molecule has 2 rings (SSSR count). The van der Waals surface area contributed by atoms with Crippen molar-refractivity contribution in [1.29, 1.82) is 0 Å². The second-order valence-electron chi connectivity index (χ2n) is 4.99. The molecule has 0 aliphatic carbocycles. The number of benzene rings is 1. The number of hydrogen-bond acceptors (Lipinski definition) is 3. The fraction of sp³-hybridized carbons (Fsp3) is 0.533. The molecule has 0 unspecified atom stereocenters. The maximum Gasteiger partial charge on any atom is 0.133 e. The van der Waals surface area contributed by atoms with Crippen molar-refractivity contribution in [2.75, 3.05) is 39.3 Å². The molecule has 0 amide bonds. The second kappa shape index (κ2) is 6.66. The van der Waals surface area contributed by atoms with E-state index in [4.69, 9.17) is 0 Å². The van der Waals surface area contributed by atoms with Crippen LogP contribution in [0.3, 0.4) is 0 Å². The first-order chi connectivity index (χ1) is 8.79. The van der Waals surface area contributed by atoms with E-state index in [1.807, 2.05) is 0 Å². The Morgan fingerprint density at radius 2 is 1.78 bits per heavy atom. The molecular formula is C15H22N2O. The molecule has 18 heavy (non-hydrogen) atoms. The quantitative estimate of drug-likeness (QED) is 0.733. The molecule has 1 aliphatic heterocycles. The number of aryl methyl sites for hydroxylation is 1. The van der Waals surface area contributed by atoms with Crippen molar-refractivity contribution in [3.8, 4) is 0 Å². The van der Waals surface area contributed by atoms with Crippen LogP contribution >= 0.6 is 0 Å². The lowest BCUT2D eigenvalue weighted by Crippen LogP contribution is -2.47. The molecule has 0 saturated carbocycles. The highest BCUT2D eigenvalue weighted by Crippen LogP contribution is 2.09. The normalized spacial score (nSPS) is 17.8. The third-order valence-corrected chi connectivity index (χ3v) is 3.76. The molecule has 1 aromatic carbocycles. The summed E-state index contributed by atoms with van der Waals surface area (Å²) in [7, 11) is 0. The molecule has 1 fully saturated rings. The monoisotopic (exact) mass is 246 g/mol. The summed E-state index contributed by atoms with van der Waals surface area (Å²) >= 11 is 0. The van der Waals surface area contributed by atoms with Gasteiger partial charge in [0.15, 0.2) is 0 Å². The van der Waals surface area contributed by atoms with Crippen molar-refractivity contribution in [3.05, 3.63) is 35.4 Å². The Morgan fingerprint density at radius 1 is 1.11 bits per heavy atom. The highest BCUT2D eigenvalue weighted by Gasteiger charge is 2.15. The van der Waals surface area contributed by atoms with E-state index in [2.05, 4.69) is 41.0 Å². The van der Waals surface area contributed by atoms with Crippen molar-refractivity contribution < 1.29 is 4.79 Å². The predicted octanol–water partition coefficient (Wildman–Crippen LogP) is 1.35. The molecule has 1 aromatic rings. The molecule has 0 radical (unpaired) electrons. The van der Waals surface area contributed by atoms with Gasteiger partial charge in [-0.1, -0.05) is 24.3 Å². The van der Waals surface area contributed by atoms with E-state index < -0.39 is 0 Å². The summed E-state index contributed by atoms with van der Waals surface area (Å²) in [6.07, 6.45) is 2.13. The zero-order chi connectivity index (χ0) is 12.8. The van der Waals surface area contributed by atoms with Crippen LogP contribution in [0.1, 0.15) is 11.1 Å².